The maximum atomic E-state index is 12.0. The van der Waals surface area contributed by atoms with Crippen molar-refractivity contribution in [1.29, 1.82) is 0 Å². The van der Waals surface area contributed by atoms with Crippen LogP contribution in [0.25, 0.3) is 10.6 Å². The average molecular weight is 498 g/mol. The fourth-order valence-corrected chi connectivity index (χ4v) is 4.54. The predicted octanol–water partition coefficient (Wildman–Crippen LogP) is 6.26. The van der Waals surface area contributed by atoms with E-state index in [0.717, 1.165) is 47.9 Å². The van der Waals surface area contributed by atoms with Crippen LogP contribution >= 0.6 is 22.9 Å². The highest BCUT2D eigenvalue weighted by molar-refractivity contribution is 7.13. The number of thiazole rings is 1. The van der Waals surface area contributed by atoms with Gasteiger partial charge in [0.15, 0.2) is 0 Å². The van der Waals surface area contributed by atoms with Crippen molar-refractivity contribution in [2.75, 3.05) is 13.1 Å². The Morgan fingerprint density at radius 2 is 1.74 bits per heavy atom. The van der Waals surface area contributed by atoms with Gasteiger partial charge >= 0.3 is 0 Å². The number of nitrogens with one attached hydrogen (secondary N) is 1. The molecule has 0 spiro atoms. The Morgan fingerprint density at radius 3 is 2.32 bits per heavy atom. The average Bonchev–Trinajstić information content (AvgIpc) is 3.36. The third-order valence-electron chi connectivity index (χ3n) is 6.14. The molecule has 1 fully saturated rings. The van der Waals surface area contributed by atoms with Gasteiger partial charge in [-0.1, -0.05) is 67.9 Å². The lowest BCUT2D eigenvalue weighted by molar-refractivity contribution is -0.119. The molecule has 1 aliphatic heterocycles. The van der Waals surface area contributed by atoms with Crippen molar-refractivity contribution < 1.29 is 9.59 Å². The summed E-state index contributed by atoms with van der Waals surface area (Å²) in [4.78, 5) is 28.8. The zero-order valence-corrected chi connectivity index (χ0v) is 21.5. The zero-order chi connectivity index (χ0) is 24.5. The quantitative estimate of drug-likeness (QED) is 0.409. The second-order valence-electron chi connectivity index (χ2n) is 8.88. The number of aromatic nitrogens is 1. The molecule has 1 atom stereocenters. The van der Waals surface area contributed by atoms with E-state index < -0.39 is 0 Å². The summed E-state index contributed by atoms with van der Waals surface area (Å²) in [6, 6.07) is 18.1. The van der Waals surface area contributed by atoms with Crippen molar-refractivity contribution in [3.63, 3.8) is 0 Å². The van der Waals surface area contributed by atoms with Crippen LogP contribution in [0.5, 0.6) is 0 Å². The number of rotatable bonds is 6. The van der Waals surface area contributed by atoms with Crippen LogP contribution in [0.3, 0.4) is 0 Å². The summed E-state index contributed by atoms with van der Waals surface area (Å²) in [5.41, 5.74) is 2.88. The number of carbonyl (C=O) groups excluding carboxylic acids is 2. The first-order chi connectivity index (χ1) is 16.4. The highest BCUT2D eigenvalue weighted by atomic mass is 35.5. The molecular formula is C27H32ClN3O2S. The number of piperidine rings is 1. The Balaban J connectivity index is 0.000000196. The van der Waals surface area contributed by atoms with Crippen LogP contribution in [-0.4, -0.2) is 41.3 Å². The predicted molar refractivity (Wildman–Crippen MR) is 140 cm³/mol. The van der Waals surface area contributed by atoms with Gasteiger partial charge in [-0.05, 0) is 49.3 Å². The van der Waals surface area contributed by atoms with E-state index in [1.165, 1.54) is 16.9 Å². The molecule has 0 aliphatic carbocycles. The van der Waals surface area contributed by atoms with Gasteiger partial charge < -0.3 is 10.2 Å². The summed E-state index contributed by atoms with van der Waals surface area (Å²) in [5, 5.41) is 6.44. The number of nitrogens with zero attached hydrogens (tertiary/aromatic N) is 2. The molecular weight excluding hydrogens is 466 g/mol. The first kappa shape index (κ1) is 25.9. The highest BCUT2D eigenvalue weighted by Gasteiger charge is 2.19. The molecule has 7 heteroatoms. The minimum Gasteiger partial charge on any atom is -0.348 e. The number of hydrogen-bond acceptors (Lipinski definition) is 4. The fraction of sp³-hybridized carbons (Fsp3) is 0.370. The van der Waals surface area contributed by atoms with E-state index in [1.807, 2.05) is 59.7 Å². The van der Waals surface area contributed by atoms with E-state index in [9.17, 15) is 9.59 Å². The van der Waals surface area contributed by atoms with Crippen LogP contribution in [-0.2, 0) is 4.79 Å². The molecule has 34 heavy (non-hydrogen) atoms. The molecule has 1 aromatic heterocycles. The topological polar surface area (TPSA) is 62.3 Å². The Hall–Kier alpha value is -2.70. The molecule has 1 aliphatic rings. The molecule has 0 bridgehead atoms. The second kappa shape index (κ2) is 12.7. The van der Waals surface area contributed by atoms with Crippen molar-refractivity contribution in [1.82, 2.24) is 15.2 Å². The van der Waals surface area contributed by atoms with Crippen LogP contribution in [0.4, 0.5) is 0 Å². The van der Waals surface area contributed by atoms with Crippen molar-refractivity contribution >= 4 is 35.3 Å². The smallest absolute Gasteiger partial charge is 0.270 e. The highest BCUT2D eigenvalue weighted by Crippen LogP contribution is 2.28. The Kier molecular flexibility index (Phi) is 9.66. The minimum atomic E-state index is -0.0976. The standard InChI is InChI=1S/C15H18N2OS.C12H14ClNO/c1-10(2)11(3)16-14(18)13-9-19-15(17-13)12-7-5-4-6-8-12;13-12-3-1-10(2-4-12)11-5-7-14(9-15)8-6-11/h4-11H,1-3H3,(H,16,18);1-4,9,11H,5-8H2. The Morgan fingerprint density at radius 1 is 1.09 bits per heavy atom. The molecule has 180 valence electrons. The van der Waals surface area contributed by atoms with Crippen LogP contribution in [0.1, 0.15) is 55.6 Å². The molecule has 2 aromatic carbocycles. The van der Waals surface area contributed by atoms with Crippen LogP contribution in [0, 0.1) is 5.92 Å². The van der Waals surface area contributed by atoms with Gasteiger partial charge in [-0.15, -0.1) is 11.3 Å². The van der Waals surface area contributed by atoms with Gasteiger partial charge in [-0.3, -0.25) is 9.59 Å². The van der Waals surface area contributed by atoms with Gasteiger partial charge in [0, 0.05) is 35.1 Å². The molecule has 2 amide bonds. The lowest BCUT2D eigenvalue weighted by Crippen LogP contribution is -2.36. The van der Waals surface area contributed by atoms with Gasteiger partial charge in [0.05, 0.1) is 0 Å². The van der Waals surface area contributed by atoms with E-state index in [1.54, 1.807) is 0 Å². The maximum absolute atomic E-state index is 12.0. The van der Waals surface area contributed by atoms with Crippen molar-refractivity contribution in [3.8, 4) is 10.6 Å². The molecule has 1 N–H and O–H groups in total. The van der Waals surface area contributed by atoms with Crippen LogP contribution < -0.4 is 5.32 Å². The molecule has 4 rings (SSSR count). The number of carbonyl (C=O) groups is 2. The molecule has 1 saturated heterocycles. The molecule has 0 saturated carbocycles. The van der Waals surface area contributed by atoms with Crippen LogP contribution in [0.15, 0.2) is 60.0 Å². The van der Waals surface area contributed by atoms with E-state index in [0.29, 0.717) is 17.5 Å². The van der Waals surface area contributed by atoms with Crippen molar-refractivity contribution in [2.45, 2.75) is 45.6 Å². The minimum absolute atomic E-state index is 0.0976. The lowest BCUT2D eigenvalue weighted by Gasteiger charge is -2.29. The van der Waals surface area contributed by atoms with Gasteiger partial charge in [0.2, 0.25) is 6.41 Å². The zero-order valence-electron chi connectivity index (χ0n) is 19.9. The molecule has 5 nitrogen and oxygen atoms in total. The number of benzene rings is 2. The first-order valence-corrected chi connectivity index (χ1v) is 12.9. The number of amides is 2. The van der Waals surface area contributed by atoms with Crippen molar-refractivity contribution in [2.24, 2.45) is 5.92 Å². The number of halogens is 1. The van der Waals surface area contributed by atoms with E-state index in [2.05, 4.69) is 36.3 Å². The lowest BCUT2D eigenvalue weighted by atomic mass is 9.90. The molecule has 2 heterocycles. The summed E-state index contributed by atoms with van der Waals surface area (Å²) >= 11 is 7.34. The van der Waals surface area contributed by atoms with Gasteiger partial charge in [-0.2, -0.15) is 0 Å². The van der Waals surface area contributed by atoms with Crippen LogP contribution in [0.2, 0.25) is 5.02 Å². The molecule has 1 unspecified atom stereocenters. The van der Waals surface area contributed by atoms with E-state index >= 15 is 0 Å². The summed E-state index contributed by atoms with van der Waals surface area (Å²) in [5.74, 6) is 0.897. The Labute approximate surface area is 211 Å². The third kappa shape index (κ3) is 7.40. The molecule has 0 radical (unpaired) electrons. The normalized spacial score (nSPS) is 14.8. The van der Waals surface area contributed by atoms with Gasteiger partial charge in [-0.25, -0.2) is 4.98 Å². The van der Waals surface area contributed by atoms with Gasteiger partial charge in [0.25, 0.3) is 5.91 Å². The SMILES string of the molecule is CC(C)C(C)NC(=O)c1csc(-c2ccccc2)n1.O=CN1CCC(c2ccc(Cl)cc2)CC1. The summed E-state index contributed by atoms with van der Waals surface area (Å²) in [7, 11) is 0. The fourth-order valence-electron chi connectivity index (χ4n) is 3.61. The summed E-state index contributed by atoms with van der Waals surface area (Å²) in [6.07, 6.45) is 3.05. The maximum Gasteiger partial charge on any atom is 0.270 e. The molecule has 3 aromatic rings. The number of likely N-dealkylation sites (tertiary alicyclic amines) is 1. The summed E-state index contributed by atoms with van der Waals surface area (Å²) in [6.45, 7) is 7.92. The van der Waals surface area contributed by atoms with E-state index in [-0.39, 0.29) is 11.9 Å². The largest absolute Gasteiger partial charge is 0.348 e. The monoisotopic (exact) mass is 497 g/mol. The summed E-state index contributed by atoms with van der Waals surface area (Å²) < 4.78 is 0. The van der Waals surface area contributed by atoms with Crippen molar-refractivity contribution in [3.05, 3.63) is 76.3 Å². The van der Waals surface area contributed by atoms with E-state index in [4.69, 9.17) is 11.6 Å². The first-order valence-electron chi connectivity index (χ1n) is 11.6. The third-order valence-corrected chi connectivity index (χ3v) is 7.28. The number of hydrogen-bond donors (Lipinski definition) is 1. The van der Waals surface area contributed by atoms with Gasteiger partial charge in [0.1, 0.15) is 10.7 Å². The second-order valence-corrected chi connectivity index (χ2v) is 10.2. The Bertz CT molecular complexity index is 1050.